The van der Waals surface area contributed by atoms with Gasteiger partial charge in [0.25, 0.3) is 0 Å². The van der Waals surface area contributed by atoms with Crippen molar-refractivity contribution >= 4 is 69.6 Å². The molecular weight excluding hydrogens is 471 g/mol. The Bertz CT molecular complexity index is 453. The molecule has 23 heavy (non-hydrogen) atoms. The van der Waals surface area contributed by atoms with E-state index in [1.807, 2.05) is 23.5 Å². The molecule has 0 amide bonds. The number of hydrogen-bond acceptors (Lipinski definition) is 4. The third-order valence-corrected chi connectivity index (χ3v) is 10.7. The van der Waals surface area contributed by atoms with Crippen molar-refractivity contribution in [3.63, 3.8) is 0 Å². The summed E-state index contributed by atoms with van der Waals surface area (Å²) >= 11 is 10.5. The Morgan fingerprint density at radius 2 is 1.30 bits per heavy atom. The maximum Gasteiger partial charge on any atom is 0.0705 e. The fourth-order valence-corrected chi connectivity index (χ4v) is 9.16. The molecule has 0 aliphatic carbocycles. The standard InChI is InChI=1S/C18H27IS4/c1-3-5-7-9-11-14-15(12-10-8-6-4-2)22-18(21-14)17-20-13-16(19)23-17/h13H,3-12H2,1-2H3. The molecule has 5 heteroatoms. The van der Waals surface area contributed by atoms with Crippen LogP contribution in [0.25, 0.3) is 0 Å². The Morgan fingerprint density at radius 1 is 0.739 bits per heavy atom. The van der Waals surface area contributed by atoms with Crippen molar-refractivity contribution in [3.8, 4) is 0 Å². The van der Waals surface area contributed by atoms with E-state index in [1.54, 1.807) is 14.0 Å². The molecule has 2 aliphatic heterocycles. The van der Waals surface area contributed by atoms with Crippen molar-refractivity contribution in [1.29, 1.82) is 0 Å². The maximum atomic E-state index is 2.44. The van der Waals surface area contributed by atoms with Gasteiger partial charge in [0, 0.05) is 9.81 Å². The molecule has 2 rings (SSSR count). The first kappa shape index (κ1) is 20.7. The third-order valence-electron chi connectivity index (χ3n) is 3.87. The predicted octanol–water partition coefficient (Wildman–Crippen LogP) is 9.46. The molecule has 0 fully saturated rings. The van der Waals surface area contributed by atoms with E-state index in [4.69, 9.17) is 0 Å². The minimum atomic E-state index is 1.30. The second kappa shape index (κ2) is 11.9. The highest BCUT2D eigenvalue weighted by Crippen LogP contribution is 2.60. The van der Waals surface area contributed by atoms with Gasteiger partial charge in [-0.2, -0.15) is 0 Å². The molecule has 0 aromatic heterocycles. The van der Waals surface area contributed by atoms with Crippen molar-refractivity contribution in [2.45, 2.75) is 78.1 Å². The Kier molecular flexibility index (Phi) is 10.7. The molecule has 0 aromatic rings. The summed E-state index contributed by atoms with van der Waals surface area (Å²) in [6, 6.07) is 0. The van der Waals surface area contributed by atoms with E-state index < -0.39 is 0 Å². The van der Waals surface area contributed by atoms with Gasteiger partial charge < -0.3 is 0 Å². The Labute approximate surface area is 173 Å². The van der Waals surface area contributed by atoms with Crippen LogP contribution in [0.2, 0.25) is 0 Å². The summed E-state index contributed by atoms with van der Waals surface area (Å²) in [6.45, 7) is 4.59. The highest BCUT2D eigenvalue weighted by Gasteiger charge is 2.25. The third kappa shape index (κ3) is 7.24. The summed E-state index contributed by atoms with van der Waals surface area (Å²) in [5.74, 6) is 0. The lowest BCUT2D eigenvalue weighted by molar-refractivity contribution is 0.661. The first-order valence-corrected chi connectivity index (χ1v) is 13.2. The second-order valence-corrected chi connectivity index (χ2v) is 12.4. The van der Waals surface area contributed by atoms with Crippen molar-refractivity contribution < 1.29 is 0 Å². The van der Waals surface area contributed by atoms with Crippen LogP contribution in [0.5, 0.6) is 0 Å². The largest absolute Gasteiger partial charge is 0.0873 e. The van der Waals surface area contributed by atoms with Crippen molar-refractivity contribution in [2.75, 3.05) is 0 Å². The zero-order valence-electron chi connectivity index (χ0n) is 14.2. The van der Waals surface area contributed by atoms with Gasteiger partial charge in [-0.05, 0) is 53.7 Å². The molecule has 0 N–H and O–H groups in total. The summed E-state index contributed by atoms with van der Waals surface area (Å²) < 4.78 is 4.48. The van der Waals surface area contributed by atoms with Crippen LogP contribution in [0.1, 0.15) is 78.1 Å². The molecule has 2 aliphatic rings. The number of thioether (sulfide) groups is 4. The lowest BCUT2D eigenvalue weighted by atomic mass is 10.1. The van der Waals surface area contributed by atoms with Gasteiger partial charge in [0.15, 0.2) is 0 Å². The van der Waals surface area contributed by atoms with Gasteiger partial charge in [-0.25, -0.2) is 0 Å². The molecule has 0 spiro atoms. The maximum absolute atomic E-state index is 2.44. The molecule has 0 aromatic carbocycles. The number of halogens is 1. The lowest BCUT2D eigenvalue weighted by Gasteiger charge is -2.05. The topological polar surface area (TPSA) is 0 Å². The molecule has 0 saturated carbocycles. The van der Waals surface area contributed by atoms with E-state index >= 15 is 0 Å². The monoisotopic (exact) mass is 498 g/mol. The normalized spacial score (nSPS) is 18.3. The molecule has 0 unspecified atom stereocenters. The fraction of sp³-hybridized carbons (Fsp3) is 0.667. The highest BCUT2D eigenvalue weighted by atomic mass is 127. The van der Waals surface area contributed by atoms with Crippen LogP contribution in [-0.2, 0) is 0 Å². The summed E-state index contributed by atoms with van der Waals surface area (Å²) in [4.78, 5) is 3.38. The van der Waals surface area contributed by atoms with Gasteiger partial charge in [0.2, 0.25) is 0 Å². The number of allylic oxidation sites excluding steroid dienone is 2. The highest BCUT2D eigenvalue weighted by molar-refractivity contribution is 14.1. The van der Waals surface area contributed by atoms with E-state index in [0.29, 0.717) is 0 Å². The SMILES string of the molecule is CCCCCCC1=C(CCCCCC)SC(=C2SC=C(I)S2)S1. The van der Waals surface area contributed by atoms with Crippen molar-refractivity contribution in [1.82, 2.24) is 0 Å². The minimum absolute atomic E-state index is 1.30. The van der Waals surface area contributed by atoms with Crippen LogP contribution < -0.4 is 0 Å². The zero-order chi connectivity index (χ0) is 16.5. The average molecular weight is 499 g/mol. The quantitative estimate of drug-likeness (QED) is 0.217. The number of rotatable bonds is 10. The number of hydrogen-bond donors (Lipinski definition) is 0. The van der Waals surface area contributed by atoms with E-state index in [2.05, 4.69) is 65.4 Å². The predicted molar refractivity (Wildman–Crippen MR) is 124 cm³/mol. The van der Waals surface area contributed by atoms with E-state index in [0.717, 1.165) is 0 Å². The van der Waals surface area contributed by atoms with Gasteiger partial charge >= 0.3 is 0 Å². The molecule has 0 atom stereocenters. The van der Waals surface area contributed by atoms with E-state index in [1.165, 1.54) is 71.4 Å². The van der Waals surface area contributed by atoms with Crippen LogP contribution in [0.15, 0.2) is 26.6 Å². The molecule has 0 bridgehead atoms. The van der Waals surface area contributed by atoms with Crippen LogP contribution >= 0.6 is 69.6 Å². The molecule has 0 radical (unpaired) electrons. The van der Waals surface area contributed by atoms with Crippen molar-refractivity contribution in [3.05, 3.63) is 26.6 Å². The van der Waals surface area contributed by atoms with Gasteiger partial charge in [0.1, 0.15) is 0 Å². The summed E-state index contributed by atoms with van der Waals surface area (Å²) in [5, 5.41) is 2.29. The first-order valence-electron chi connectivity index (χ1n) is 8.76. The Morgan fingerprint density at radius 3 is 1.74 bits per heavy atom. The van der Waals surface area contributed by atoms with Crippen molar-refractivity contribution in [2.24, 2.45) is 0 Å². The van der Waals surface area contributed by atoms with Crippen LogP contribution in [0.4, 0.5) is 0 Å². The fourth-order valence-electron chi connectivity index (χ4n) is 2.57. The van der Waals surface area contributed by atoms with Gasteiger partial charge in [0.05, 0.1) is 11.4 Å². The lowest BCUT2D eigenvalue weighted by Crippen LogP contribution is -1.84. The first-order chi connectivity index (χ1) is 11.2. The van der Waals surface area contributed by atoms with Crippen LogP contribution in [0, 0.1) is 0 Å². The van der Waals surface area contributed by atoms with Gasteiger partial charge in [-0.3, -0.25) is 0 Å². The molecule has 0 nitrogen and oxygen atoms in total. The molecule has 130 valence electrons. The molecular formula is C18H27IS4. The Hall–Kier alpha value is 1.35. The molecule has 2 heterocycles. The van der Waals surface area contributed by atoms with Crippen LogP contribution in [0.3, 0.4) is 0 Å². The van der Waals surface area contributed by atoms with E-state index in [-0.39, 0.29) is 0 Å². The minimum Gasteiger partial charge on any atom is -0.0873 e. The van der Waals surface area contributed by atoms with Gasteiger partial charge in [-0.1, -0.05) is 99.4 Å². The summed E-state index contributed by atoms with van der Waals surface area (Å²) in [5.41, 5.74) is 0. The second-order valence-electron chi connectivity index (χ2n) is 5.89. The summed E-state index contributed by atoms with van der Waals surface area (Å²) in [6.07, 6.45) is 13.6. The van der Waals surface area contributed by atoms with E-state index in [9.17, 15) is 0 Å². The summed E-state index contributed by atoms with van der Waals surface area (Å²) in [7, 11) is 0. The smallest absolute Gasteiger partial charge is 0.0705 e. The van der Waals surface area contributed by atoms with Gasteiger partial charge in [-0.15, -0.1) is 0 Å². The zero-order valence-corrected chi connectivity index (χ0v) is 19.6. The Balaban J connectivity index is 1.91. The average Bonchev–Trinajstić information content (AvgIpc) is 3.15. The molecule has 0 saturated heterocycles. The van der Waals surface area contributed by atoms with Crippen LogP contribution in [-0.4, -0.2) is 0 Å². The number of unbranched alkanes of at least 4 members (excludes halogenated alkanes) is 6.